The molecule has 6 heteroatoms. The Kier molecular flexibility index (Phi) is 4.65. The molecule has 0 spiro atoms. The van der Waals surface area contributed by atoms with Crippen molar-refractivity contribution >= 4 is 17.7 Å². The zero-order chi connectivity index (χ0) is 13.7. The molecule has 0 aliphatic heterocycles. The molecular weight excluding hydrogens is 234 g/mol. The maximum Gasteiger partial charge on any atom is 0.335 e. The maximum absolute atomic E-state index is 11.0. The lowest BCUT2D eigenvalue weighted by Gasteiger charge is -2.21. The van der Waals surface area contributed by atoms with Gasteiger partial charge in [0, 0.05) is 12.2 Å². The van der Waals surface area contributed by atoms with Crippen molar-refractivity contribution in [2.45, 2.75) is 20.3 Å². The van der Waals surface area contributed by atoms with Crippen LogP contribution >= 0.6 is 0 Å². The molecule has 1 aromatic heterocycles. The molecule has 98 valence electrons. The first-order valence-electron chi connectivity index (χ1n) is 5.75. The van der Waals surface area contributed by atoms with Crippen LogP contribution in [0.15, 0.2) is 12.1 Å². The zero-order valence-corrected chi connectivity index (χ0v) is 10.5. The highest BCUT2D eigenvalue weighted by Crippen LogP contribution is 2.15. The molecule has 6 nitrogen and oxygen atoms in total. The van der Waals surface area contributed by atoms with Crippen LogP contribution in [0.2, 0.25) is 0 Å². The van der Waals surface area contributed by atoms with E-state index in [9.17, 15) is 9.59 Å². The number of anilines is 1. The van der Waals surface area contributed by atoms with Gasteiger partial charge in [0.1, 0.15) is 5.82 Å². The van der Waals surface area contributed by atoms with Crippen molar-refractivity contribution in [1.29, 1.82) is 0 Å². The Balaban J connectivity index is 3.16. The number of aromatic nitrogens is 1. The fourth-order valence-electron chi connectivity index (χ4n) is 1.58. The van der Waals surface area contributed by atoms with Crippen LogP contribution in [0.25, 0.3) is 0 Å². The van der Waals surface area contributed by atoms with Gasteiger partial charge in [-0.25, -0.2) is 9.78 Å². The molecule has 0 aliphatic rings. The molecule has 0 aromatic carbocycles. The van der Waals surface area contributed by atoms with Gasteiger partial charge in [-0.3, -0.25) is 4.79 Å². The molecule has 1 aromatic rings. The number of rotatable bonds is 6. The van der Waals surface area contributed by atoms with Crippen molar-refractivity contribution < 1.29 is 14.7 Å². The predicted octanol–water partition coefficient (Wildman–Crippen LogP) is 0.654. The maximum atomic E-state index is 11.0. The summed E-state index contributed by atoms with van der Waals surface area (Å²) < 4.78 is 0. The number of carbonyl (C=O) groups is 2. The molecule has 0 fully saturated rings. The van der Waals surface area contributed by atoms with Gasteiger partial charge in [0.05, 0.1) is 12.1 Å². The third kappa shape index (κ3) is 3.44. The van der Waals surface area contributed by atoms with Crippen molar-refractivity contribution in [1.82, 2.24) is 4.98 Å². The number of primary amides is 1. The summed E-state index contributed by atoms with van der Waals surface area (Å²) in [4.78, 5) is 27.9. The van der Waals surface area contributed by atoms with E-state index in [1.54, 1.807) is 4.90 Å². The molecule has 0 saturated heterocycles. The summed E-state index contributed by atoms with van der Waals surface area (Å²) in [6.45, 7) is 4.30. The van der Waals surface area contributed by atoms with Crippen LogP contribution in [-0.2, 0) is 11.2 Å². The van der Waals surface area contributed by atoms with Crippen molar-refractivity contribution in [3.8, 4) is 0 Å². The Morgan fingerprint density at radius 2 is 2.06 bits per heavy atom. The number of carboxylic acids is 1. The number of nitrogens with two attached hydrogens (primary N) is 1. The second-order valence-electron chi connectivity index (χ2n) is 3.84. The van der Waals surface area contributed by atoms with E-state index in [-0.39, 0.29) is 12.1 Å². The van der Waals surface area contributed by atoms with Gasteiger partial charge in [-0.1, -0.05) is 6.92 Å². The van der Waals surface area contributed by atoms with Crippen LogP contribution in [0.4, 0.5) is 5.82 Å². The number of hydrogen-bond acceptors (Lipinski definition) is 4. The van der Waals surface area contributed by atoms with Gasteiger partial charge >= 0.3 is 5.97 Å². The molecule has 18 heavy (non-hydrogen) atoms. The second-order valence-corrected chi connectivity index (χ2v) is 3.84. The largest absolute Gasteiger partial charge is 0.478 e. The van der Waals surface area contributed by atoms with Gasteiger partial charge in [-0.15, -0.1) is 0 Å². The standard InChI is InChI=1S/C12H17N3O3/c1-3-9-5-8(12(17)18)6-11(14-9)15(4-2)7-10(13)16/h5-6H,3-4,7H2,1-2H3,(H2,13,16)(H,17,18). The summed E-state index contributed by atoms with van der Waals surface area (Å²) in [5.74, 6) is -1.02. The Morgan fingerprint density at radius 1 is 1.39 bits per heavy atom. The Morgan fingerprint density at radius 3 is 2.50 bits per heavy atom. The normalized spacial score (nSPS) is 10.1. The zero-order valence-electron chi connectivity index (χ0n) is 10.5. The average molecular weight is 251 g/mol. The van der Waals surface area contributed by atoms with Crippen molar-refractivity contribution in [2.24, 2.45) is 5.73 Å². The molecule has 0 unspecified atom stereocenters. The minimum absolute atomic E-state index is 0.0235. The molecular formula is C12H17N3O3. The predicted molar refractivity (Wildman–Crippen MR) is 67.7 cm³/mol. The van der Waals surface area contributed by atoms with E-state index < -0.39 is 11.9 Å². The first kappa shape index (κ1) is 14.0. The fraction of sp³-hybridized carbons (Fsp3) is 0.417. The lowest BCUT2D eigenvalue weighted by Crippen LogP contribution is -2.34. The van der Waals surface area contributed by atoms with Crippen LogP contribution in [0, 0.1) is 0 Å². The summed E-state index contributed by atoms with van der Waals surface area (Å²) in [7, 11) is 0. The number of likely N-dealkylation sites (N-methyl/N-ethyl adjacent to an activating group) is 1. The summed E-state index contributed by atoms with van der Waals surface area (Å²) in [5.41, 5.74) is 5.99. The summed E-state index contributed by atoms with van der Waals surface area (Å²) >= 11 is 0. The topological polar surface area (TPSA) is 96.5 Å². The number of carbonyl (C=O) groups excluding carboxylic acids is 1. The summed E-state index contributed by atoms with van der Waals surface area (Å²) in [5, 5.41) is 9.03. The quantitative estimate of drug-likeness (QED) is 0.774. The first-order valence-corrected chi connectivity index (χ1v) is 5.75. The van der Waals surface area contributed by atoms with E-state index in [0.29, 0.717) is 24.5 Å². The minimum atomic E-state index is -1.01. The van der Waals surface area contributed by atoms with Gasteiger partial charge in [0.15, 0.2) is 0 Å². The molecule has 0 radical (unpaired) electrons. The average Bonchev–Trinajstić information content (AvgIpc) is 2.34. The Bertz CT molecular complexity index is 460. The van der Waals surface area contributed by atoms with E-state index in [1.807, 2.05) is 13.8 Å². The van der Waals surface area contributed by atoms with E-state index in [2.05, 4.69) is 4.98 Å². The number of hydrogen-bond donors (Lipinski definition) is 2. The molecule has 1 rings (SSSR count). The molecule has 1 amide bonds. The molecule has 1 heterocycles. The van der Waals surface area contributed by atoms with Gasteiger partial charge < -0.3 is 15.7 Å². The highest BCUT2D eigenvalue weighted by molar-refractivity contribution is 5.89. The van der Waals surface area contributed by atoms with E-state index in [0.717, 1.165) is 0 Å². The van der Waals surface area contributed by atoms with Crippen molar-refractivity contribution in [3.63, 3.8) is 0 Å². The van der Waals surface area contributed by atoms with Gasteiger partial charge in [0.2, 0.25) is 5.91 Å². The smallest absolute Gasteiger partial charge is 0.335 e. The van der Waals surface area contributed by atoms with Crippen LogP contribution in [0.3, 0.4) is 0 Å². The van der Waals surface area contributed by atoms with Gasteiger partial charge in [-0.2, -0.15) is 0 Å². The first-order chi connectivity index (χ1) is 8.47. The van der Waals surface area contributed by atoms with Crippen LogP contribution in [0.5, 0.6) is 0 Å². The number of carboxylic acid groups (broad SMARTS) is 1. The second kappa shape index (κ2) is 6.00. The summed E-state index contributed by atoms with van der Waals surface area (Å²) in [6, 6.07) is 2.98. The third-order valence-electron chi connectivity index (χ3n) is 2.53. The number of nitrogens with zero attached hydrogens (tertiary/aromatic N) is 2. The highest BCUT2D eigenvalue weighted by Gasteiger charge is 2.13. The monoisotopic (exact) mass is 251 g/mol. The van der Waals surface area contributed by atoms with E-state index in [4.69, 9.17) is 10.8 Å². The third-order valence-corrected chi connectivity index (χ3v) is 2.53. The number of aryl methyl sites for hydroxylation is 1. The Hall–Kier alpha value is -2.11. The van der Waals surface area contributed by atoms with Gasteiger partial charge in [0.25, 0.3) is 0 Å². The highest BCUT2D eigenvalue weighted by atomic mass is 16.4. The number of pyridine rings is 1. The van der Waals surface area contributed by atoms with E-state index in [1.165, 1.54) is 12.1 Å². The molecule has 0 aliphatic carbocycles. The molecule has 0 atom stereocenters. The number of amides is 1. The summed E-state index contributed by atoms with van der Waals surface area (Å²) in [6.07, 6.45) is 0.627. The van der Waals surface area contributed by atoms with Crippen LogP contribution < -0.4 is 10.6 Å². The lowest BCUT2D eigenvalue weighted by molar-refractivity contribution is -0.116. The number of aromatic carboxylic acids is 1. The fourth-order valence-corrected chi connectivity index (χ4v) is 1.58. The van der Waals surface area contributed by atoms with Crippen LogP contribution in [-0.4, -0.2) is 35.1 Å². The van der Waals surface area contributed by atoms with Gasteiger partial charge in [-0.05, 0) is 25.5 Å². The molecule has 0 bridgehead atoms. The molecule has 0 saturated carbocycles. The van der Waals surface area contributed by atoms with Crippen molar-refractivity contribution in [3.05, 3.63) is 23.4 Å². The lowest BCUT2D eigenvalue weighted by atomic mass is 10.2. The SMILES string of the molecule is CCc1cc(C(=O)O)cc(N(CC)CC(N)=O)n1. The minimum Gasteiger partial charge on any atom is -0.478 e. The van der Waals surface area contributed by atoms with Crippen molar-refractivity contribution in [2.75, 3.05) is 18.0 Å². The molecule has 3 N–H and O–H groups in total. The van der Waals surface area contributed by atoms with Crippen LogP contribution in [0.1, 0.15) is 29.9 Å². The van der Waals surface area contributed by atoms with E-state index >= 15 is 0 Å². The Labute approximate surface area is 105 Å².